The smallest absolute Gasteiger partial charge is 0.240 e. The second-order valence-corrected chi connectivity index (χ2v) is 6.98. The van der Waals surface area contributed by atoms with Gasteiger partial charge in [0.15, 0.2) is 0 Å². The van der Waals surface area contributed by atoms with Crippen LogP contribution in [0.5, 0.6) is 0 Å². The molecule has 1 saturated heterocycles. The van der Waals surface area contributed by atoms with E-state index in [1.807, 2.05) is 4.90 Å². The molecule has 0 radical (unpaired) electrons. The van der Waals surface area contributed by atoms with E-state index in [1.165, 1.54) is 0 Å². The summed E-state index contributed by atoms with van der Waals surface area (Å²) in [4.78, 5) is 13.9. The SMILES string of the molecule is N#Cc1cc(Cl)ccc1NCCCC[C@H](N)C(=O)N1CCSC1. The predicted molar refractivity (Wildman–Crippen MR) is 95.5 cm³/mol. The molecule has 0 unspecified atom stereocenters. The molecular weight excluding hydrogens is 332 g/mol. The van der Waals surface area contributed by atoms with E-state index in [1.54, 1.807) is 30.0 Å². The van der Waals surface area contributed by atoms with Gasteiger partial charge in [-0.25, -0.2) is 0 Å². The standard InChI is InChI=1S/C16H21ClN4OS/c17-13-4-5-15(12(9-13)10-18)20-6-2-1-3-14(19)16(22)21-7-8-23-11-21/h4-5,9,14,20H,1-3,6-8,11,19H2/t14-/m0/s1. The number of thioether (sulfide) groups is 1. The number of amides is 1. The molecule has 1 amide bonds. The number of unbranched alkanes of at least 4 members (excludes halogenated alkanes) is 1. The lowest BCUT2D eigenvalue weighted by atomic mass is 10.1. The minimum atomic E-state index is -0.404. The second-order valence-electron chi connectivity index (χ2n) is 5.47. The van der Waals surface area contributed by atoms with Crippen molar-refractivity contribution >= 4 is 35.0 Å². The molecule has 23 heavy (non-hydrogen) atoms. The van der Waals surface area contributed by atoms with Gasteiger partial charge in [0.25, 0.3) is 0 Å². The summed E-state index contributed by atoms with van der Waals surface area (Å²) in [6.07, 6.45) is 2.45. The highest BCUT2D eigenvalue weighted by Crippen LogP contribution is 2.20. The Labute approximate surface area is 146 Å². The molecule has 0 bridgehead atoms. The highest BCUT2D eigenvalue weighted by molar-refractivity contribution is 7.99. The lowest BCUT2D eigenvalue weighted by Gasteiger charge is -2.19. The quantitative estimate of drug-likeness (QED) is 0.737. The van der Waals surface area contributed by atoms with Crippen LogP contribution in [0.3, 0.4) is 0 Å². The minimum absolute atomic E-state index is 0.0624. The van der Waals surface area contributed by atoms with Crippen molar-refractivity contribution in [1.82, 2.24) is 4.90 Å². The number of rotatable bonds is 7. The number of hydrogen-bond acceptors (Lipinski definition) is 5. The lowest BCUT2D eigenvalue weighted by Crippen LogP contribution is -2.42. The lowest BCUT2D eigenvalue weighted by molar-refractivity contribution is -0.131. The molecule has 0 spiro atoms. The summed E-state index contributed by atoms with van der Waals surface area (Å²) in [5.41, 5.74) is 7.30. The first-order valence-corrected chi connectivity index (χ1v) is 9.20. The molecule has 0 saturated carbocycles. The number of nitriles is 1. The molecule has 124 valence electrons. The maximum Gasteiger partial charge on any atom is 0.240 e. The number of nitrogens with two attached hydrogens (primary N) is 1. The Bertz CT molecular complexity index is 584. The van der Waals surface area contributed by atoms with Crippen molar-refractivity contribution in [3.8, 4) is 6.07 Å². The third kappa shape index (κ3) is 5.31. The fourth-order valence-corrected chi connectivity index (χ4v) is 3.55. The highest BCUT2D eigenvalue weighted by atomic mass is 35.5. The molecule has 1 atom stereocenters. The van der Waals surface area contributed by atoms with Gasteiger partial charge in [-0.15, -0.1) is 11.8 Å². The van der Waals surface area contributed by atoms with E-state index in [0.29, 0.717) is 17.0 Å². The molecule has 5 nitrogen and oxygen atoms in total. The van der Waals surface area contributed by atoms with Crippen LogP contribution in [-0.2, 0) is 4.79 Å². The van der Waals surface area contributed by atoms with Crippen LogP contribution < -0.4 is 11.1 Å². The number of benzene rings is 1. The molecule has 0 aromatic heterocycles. The third-order valence-electron chi connectivity index (χ3n) is 3.74. The molecule has 0 aliphatic carbocycles. The van der Waals surface area contributed by atoms with Gasteiger partial charge in [-0.05, 0) is 37.5 Å². The largest absolute Gasteiger partial charge is 0.384 e. The highest BCUT2D eigenvalue weighted by Gasteiger charge is 2.23. The molecular formula is C16H21ClN4OS. The van der Waals surface area contributed by atoms with Crippen LogP contribution in [0.1, 0.15) is 24.8 Å². The topological polar surface area (TPSA) is 82.1 Å². The molecule has 1 aliphatic rings. The average molecular weight is 353 g/mol. The fourth-order valence-electron chi connectivity index (χ4n) is 2.42. The Morgan fingerprint density at radius 2 is 2.35 bits per heavy atom. The normalized spacial score (nSPS) is 15.3. The van der Waals surface area contributed by atoms with Crippen molar-refractivity contribution in [3.63, 3.8) is 0 Å². The van der Waals surface area contributed by atoms with Crippen LogP contribution in [0.15, 0.2) is 18.2 Å². The Morgan fingerprint density at radius 3 is 3.04 bits per heavy atom. The van der Waals surface area contributed by atoms with Crippen LogP contribution in [0.4, 0.5) is 5.69 Å². The summed E-state index contributed by atoms with van der Waals surface area (Å²) in [5.74, 6) is 1.83. The molecule has 7 heteroatoms. The first-order valence-electron chi connectivity index (χ1n) is 7.67. The molecule has 1 aliphatic heterocycles. The van der Waals surface area contributed by atoms with E-state index in [-0.39, 0.29) is 5.91 Å². The van der Waals surface area contributed by atoms with Crippen LogP contribution in [0, 0.1) is 11.3 Å². The van der Waals surface area contributed by atoms with E-state index in [0.717, 1.165) is 43.2 Å². The van der Waals surface area contributed by atoms with Gasteiger partial charge in [0.1, 0.15) is 6.07 Å². The summed E-state index contributed by atoms with van der Waals surface area (Å²) >= 11 is 7.63. The van der Waals surface area contributed by atoms with Gasteiger partial charge in [-0.3, -0.25) is 4.79 Å². The van der Waals surface area contributed by atoms with Crippen LogP contribution in [-0.4, -0.2) is 41.6 Å². The van der Waals surface area contributed by atoms with Gasteiger partial charge in [0, 0.05) is 23.9 Å². The van der Waals surface area contributed by atoms with Crippen LogP contribution in [0.2, 0.25) is 5.02 Å². The molecule has 1 heterocycles. The number of halogens is 1. The van der Waals surface area contributed by atoms with Crippen molar-refractivity contribution in [2.45, 2.75) is 25.3 Å². The van der Waals surface area contributed by atoms with E-state index in [2.05, 4.69) is 11.4 Å². The first kappa shape index (κ1) is 17.9. The molecule has 3 N–H and O–H groups in total. The summed E-state index contributed by atoms with van der Waals surface area (Å²) in [7, 11) is 0. The second kappa shape index (κ2) is 9.02. The average Bonchev–Trinajstić information content (AvgIpc) is 3.09. The Hall–Kier alpha value is -1.42. The number of hydrogen-bond donors (Lipinski definition) is 2. The number of carbonyl (C=O) groups excluding carboxylic acids is 1. The zero-order chi connectivity index (χ0) is 16.7. The molecule has 1 fully saturated rings. The molecule has 1 aromatic rings. The summed E-state index contributed by atoms with van der Waals surface area (Å²) in [6, 6.07) is 6.93. The summed E-state index contributed by atoms with van der Waals surface area (Å²) in [5, 5.41) is 12.9. The number of nitrogens with zero attached hydrogens (tertiary/aromatic N) is 2. The third-order valence-corrected chi connectivity index (χ3v) is 4.94. The summed E-state index contributed by atoms with van der Waals surface area (Å²) < 4.78 is 0. The zero-order valence-electron chi connectivity index (χ0n) is 12.9. The van der Waals surface area contributed by atoms with Crippen molar-refractivity contribution in [1.29, 1.82) is 5.26 Å². The van der Waals surface area contributed by atoms with Crippen LogP contribution in [0.25, 0.3) is 0 Å². The Kier molecular flexibility index (Phi) is 7.03. The first-order chi connectivity index (χ1) is 11.1. The van der Waals surface area contributed by atoms with Crippen molar-refractivity contribution < 1.29 is 4.79 Å². The molecule has 2 rings (SSSR count). The Morgan fingerprint density at radius 1 is 1.52 bits per heavy atom. The van der Waals surface area contributed by atoms with E-state index in [9.17, 15) is 4.79 Å². The van der Waals surface area contributed by atoms with Gasteiger partial charge < -0.3 is 16.0 Å². The van der Waals surface area contributed by atoms with Gasteiger partial charge >= 0.3 is 0 Å². The van der Waals surface area contributed by atoms with Gasteiger partial charge in [0.2, 0.25) is 5.91 Å². The van der Waals surface area contributed by atoms with Crippen LogP contribution >= 0.6 is 23.4 Å². The van der Waals surface area contributed by atoms with Gasteiger partial charge in [-0.1, -0.05) is 11.6 Å². The zero-order valence-corrected chi connectivity index (χ0v) is 14.5. The number of nitrogens with one attached hydrogen (secondary N) is 1. The number of carbonyl (C=O) groups is 1. The maximum absolute atomic E-state index is 12.1. The van der Waals surface area contributed by atoms with Crippen molar-refractivity contribution in [2.24, 2.45) is 5.73 Å². The van der Waals surface area contributed by atoms with E-state index in [4.69, 9.17) is 22.6 Å². The minimum Gasteiger partial charge on any atom is -0.384 e. The fraction of sp³-hybridized carbons (Fsp3) is 0.500. The Balaban J connectivity index is 1.68. The van der Waals surface area contributed by atoms with E-state index < -0.39 is 6.04 Å². The number of anilines is 1. The van der Waals surface area contributed by atoms with E-state index >= 15 is 0 Å². The monoisotopic (exact) mass is 352 g/mol. The van der Waals surface area contributed by atoms with Gasteiger partial charge in [-0.2, -0.15) is 5.26 Å². The summed E-state index contributed by atoms with van der Waals surface area (Å²) in [6.45, 7) is 1.54. The predicted octanol–water partition coefficient (Wildman–Crippen LogP) is 2.65. The van der Waals surface area contributed by atoms with Crippen molar-refractivity contribution in [3.05, 3.63) is 28.8 Å². The van der Waals surface area contributed by atoms with Crippen molar-refractivity contribution in [2.75, 3.05) is 30.0 Å². The van der Waals surface area contributed by atoms with Gasteiger partial charge in [0.05, 0.1) is 23.2 Å². The molecule has 1 aromatic carbocycles. The maximum atomic E-state index is 12.1.